The highest BCUT2D eigenvalue weighted by atomic mass is 16.3. The Morgan fingerprint density at radius 2 is 1.47 bits per heavy atom. The highest BCUT2D eigenvalue weighted by Gasteiger charge is 2.59. The largest absolute Gasteiger partial charge is 0.390 e. The predicted molar refractivity (Wildman–Crippen MR) is 58.4 cm³/mol. The van der Waals surface area contributed by atoms with Crippen molar-refractivity contribution in [2.75, 3.05) is 0 Å². The molecule has 4 aliphatic carbocycles. The highest BCUT2D eigenvalue weighted by molar-refractivity contribution is 5.11. The molecule has 0 aliphatic heterocycles. The van der Waals surface area contributed by atoms with Gasteiger partial charge in [0.05, 0.1) is 11.2 Å². The standard InChI is InChI=1S/C13H22O2/c1-2-3-11-9-4-12(14)6-10(11)7-13(15,5-9)8-12/h9-11,14-15H,2-8H2,1H3. The fraction of sp³-hybridized carbons (Fsp3) is 1.00. The molecule has 86 valence electrons. The van der Waals surface area contributed by atoms with Crippen LogP contribution in [0.15, 0.2) is 0 Å². The normalized spacial score (nSPS) is 57.4. The fourth-order valence-corrected chi connectivity index (χ4v) is 4.96. The van der Waals surface area contributed by atoms with Crippen molar-refractivity contribution >= 4 is 0 Å². The van der Waals surface area contributed by atoms with Crippen LogP contribution in [0.2, 0.25) is 0 Å². The molecule has 2 N–H and O–H groups in total. The lowest BCUT2D eigenvalue weighted by Gasteiger charge is -2.61. The van der Waals surface area contributed by atoms with Crippen LogP contribution >= 0.6 is 0 Å². The van der Waals surface area contributed by atoms with Crippen LogP contribution in [0, 0.1) is 17.8 Å². The molecule has 0 aromatic rings. The number of aliphatic hydroxyl groups is 2. The van der Waals surface area contributed by atoms with E-state index in [2.05, 4.69) is 6.92 Å². The maximum absolute atomic E-state index is 10.4. The van der Waals surface area contributed by atoms with Gasteiger partial charge in [-0.25, -0.2) is 0 Å². The van der Waals surface area contributed by atoms with Crippen molar-refractivity contribution in [2.24, 2.45) is 17.8 Å². The van der Waals surface area contributed by atoms with Gasteiger partial charge in [-0.15, -0.1) is 0 Å². The van der Waals surface area contributed by atoms with Crippen LogP contribution in [0.25, 0.3) is 0 Å². The molecule has 2 heteroatoms. The van der Waals surface area contributed by atoms with Gasteiger partial charge in [-0.1, -0.05) is 19.8 Å². The molecule has 4 rings (SSSR count). The second-order valence-electron chi connectivity index (χ2n) is 6.41. The third kappa shape index (κ3) is 1.45. The Balaban J connectivity index is 1.87. The SMILES string of the molecule is CCCC1C2CC3(O)CC1CC(O)(C2)C3. The van der Waals surface area contributed by atoms with Gasteiger partial charge in [0, 0.05) is 6.42 Å². The van der Waals surface area contributed by atoms with Crippen molar-refractivity contribution in [2.45, 2.75) is 63.1 Å². The van der Waals surface area contributed by atoms with Gasteiger partial charge in [-0.2, -0.15) is 0 Å². The first-order valence-electron chi connectivity index (χ1n) is 6.48. The topological polar surface area (TPSA) is 40.5 Å². The molecule has 0 saturated heterocycles. The maximum Gasteiger partial charge on any atom is 0.0680 e. The average molecular weight is 210 g/mol. The molecule has 0 atom stereocenters. The van der Waals surface area contributed by atoms with E-state index in [-0.39, 0.29) is 0 Å². The first kappa shape index (κ1) is 10.1. The minimum absolute atomic E-state index is 0.509. The van der Waals surface area contributed by atoms with Crippen LogP contribution in [0.1, 0.15) is 51.9 Å². The van der Waals surface area contributed by atoms with Crippen LogP contribution in [-0.2, 0) is 0 Å². The zero-order valence-corrected chi connectivity index (χ0v) is 9.58. The molecule has 0 amide bonds. The Hall–Kier alpha value is -0.0800. The summed E-state index contributed by atoms with van der Waals surface area (Å²) >= 11 is 0. The summed E-state index contributed by atoms with van der Waals surface area (Å²) in [6.45, 7) is 2.24. The van der Waals surface area contributed by atoms with E-state index < -0.39 is 11.2 Å². The average Bonchev–Trinajstić information content (AvgIpc) is 2.06. The lowest BCUT2D eigenvalue weighted by atomic mass is 9.48. The quantitative estimate of drug-likeness (QED) is 0.732. The van der Waals surface area contributed by atoms with Crippen LogP contribution in [0.4, 0.5) is 0 Å². The van der Waals surface area contributed by atoms with E-state index in [1.54, 1.807) is 0 Å². The lowest BCUT2D eigenvalue weighted by molar-refractivity contribution is -0.220. The highest BCUT2D eigenvalue weighted by Crippen LogP contribution is 2.60. The molecule has 0 unspecified atom stereocenters. The van der Waals surface area contributed by atoms with Crippen molar-refractivity contribution in [3.8, 4) is 0 Å². The van der Waals surface area contributed by atoms with Gasteiger partial charge in [-0.3, -0.25) is 0 Å². The summed E-state index contributed by atoms with van der Waals surface area (Å²) in [5.41, 5.74) is -1.02. The molecule has 0 heterocycles. The monoisotopic (exact) mass is 210 g/mol. The zero-order valence-electron chi connectivity index (χ0n) is 9.58. The van der Waals surface area contributed by atoms with Gasteiger partial charge in [0.25, 0.3) is 0 Å². The minimum Gasteiger partial charge on any atom is -0.390 e. The summed E-state index contributed by atoms with van der Waals surface area (Å²) in [4.78, 5) is 0. The van der Waals surface area contributed by atoms with Gasteiger partial charge in [0.1, 0.15) is 0 Å². The molecule has 0 radical (unpaired) electrons. The summed E-state index contributed by atoms with van der Waals surface area (Å²) in [7, 11) is 0. The molecule has 0 aromatic carbocycles. The Morgan fingerprint density at radius 3 is 1.87 bits per heavy atom. The predicted octanol–water partition coefficient (Wildman–Crippen LogP) is 2.09. The van der Waals surface area contributed by atoms with Crippen LogP contribution in [-0.4, -0.2) is 21.4 Å². The third-order valence-corrected chi connectivity index (χ3v) is 5.06. The van der Waals surface area contributed by atoms with Crippen molar-refractivity contribution in [3.63, 3.8) is 0 Å². The van der Waals surface area contributed by atoms with E-state index in [0.29, 0.717) is 18.3 Å². The van der Waals surface area contributed by atoms with Crippen molar-refractivity contribution in [3.05, 3.63) is 0 Å². The Kier molecular flexibility index (Phi) is 2.01. The molecule has 2 nitrogen and oxygen atoms in total. The second-order valence-corrected chi connectivity index (χ2v) is 6.41. The number of hydrogen-bond acceptors (Lipinski definition) is 2. The number of rotatable bonds is 2. The van der Waals surface area contributed by atoms with E-state index >= 15 is 0 Å². The lowest BCUT2D eigenvalue weighted by Crippen LogP contribution is -2.62. The first-order valence-corrected chi connectivity index (χ1v) is 6.48. The van der Waals surface area contributed by atoms with Gasteiger partial charge >= 0.3 is 0 Å². The fourth-order valence-electron chi connectivity index (χ4n) is 4.96. The van der Waals surface area contributed by atoms with Gasteiger partial charge in [-0.05, 0) is 43.4 Å². The molecule has 15 heavy (non-hydrogen) atoms. The number of hydrogen-bond donors (Lipinski definition) is 2. The summed E-state index contributed by atoms with van der Waals surface area (Å²) in [6.07, 6.45) is 7.00. The van der Waals surface area contributed by atoms with Crippen LogP contribution in [0.5, 0.6) is 0 Å². The van der Waals surface area contributed by atoms with Gasteiger partial charge in [0.2, 0.25) is 0 Å². The van der Waals surface area contributed by atoms with E-state index in [1.165, 1.54) is 12.8 Å². The van der Waals surface area contributed by atoms with Crippen molar-refractivity contribution in [1.82, 2.24) is 0 Å². The first-order chi connectivity index (χ1) is 7.04. The Labute approximate surface area is 91.7 Å². The van der Waals surface area contributed by atoms with Crippen LogP contribution < -0.4 is 0 Å². The van der Waals surface area contributed by atoms with Gasteiger partial charge in [0.15, 0.2) is 0 Å². The molecule has 4 fully saturated rings. The summed E-state index contributed by atoms with van der Waals surface area (Å²) < 4.78 is 0. The Bertz CT molecular complexity index is 238. The minimum atomic E-state index is -0.509. The van der Waals surface area contributed by atoms with Crippen LogP contribution in [0.3, 0.4) is 0 Å². The molecular formula is C13H22O2. The zero-order chi connectivity index (χ0) is 10.7. The summed E-state index contributed by atoms with van der Waals surface area (Å²) in [6, 6.07) is 0. The van der Waals surface area contributed by atoms with E-state index in [0.717, 1.165) is 31.6 Å². The Morgan fingerprint density at radius 1 is 1.00 bits per heavy atom. The third-order valence-electron chi connectivity index (χ3n) is 5.06. The molecule has 4 saturated carbocycles. The van der Waals surface area contributed by atoms with E-state index in [4.69, 9.17) is 0 Å². The summed E-state index contributed by atoms with van der Waals surface area (Å²) in [5.74, 6) is 1.98. The molecular weight excluding hydrogens is 188 g/mol. The molecule has 4 aliphatic rings. The van der Waals surface area contributed by atoms with Crippen molar-refractivity contribution in [1.29, 1.82) is 0 Å². The smallest absolute Gasteiger partial charge is 0.0680 e. The van der Waals surface area contributed by atoms with Crippen molar-refractivity contribution < 1.29 is 10.2 Å². The van der Waals surface area contributed by atoms with E-state index in [1.807, 2.05) is 0 Å². The molecule has 4 bridgehead atoms. The maximum atomic E-state index is 10.4. The van der Waals surface area contributed by atoms with Gasteiger partial charge < -0.3 is 10.2 Å². The molecule has 0 spiro atoms. The second kappa shape index (κ2) is 2.98. The van der Waals surface area contributed by atoms with E-state index in [9.17, 15) is 10.2 Å². The molecule has 0 aromatic heterocycles. The summed E-state index contributed by atoms with van der Waals surface area (Å²) in [5, 5.41) is 20.8.